The van der Waals surface area contributed by atoms with Crippen LogP contribution in [0.15, 0.2) is 234 Å². The molecular weight excluding hydrogens is 749 g/mol. The molecular formula is C60H68N2. The van der Waals surface area contributed by atoms with E-state index in [0.717, 1.165) is 70.2 Å². The van der Waals surface area contributed by atoms with E-state index >= 15 is 0 Å². The van der Waals surface area contributed by atoms with E-state index in [1.807, 2.05) is 0 Å². The van der Waals surface area contributed by atoms with Gasteiger partial charge in [-0.1, -0.05) is 189 Å². The van der Waals surface area contributed by atoms with E-state index in [4.69, 9.17) is 0 Å². The summed E-state index contributed by atoms with van der Waals surface area (Å²) in [6, 6.07) is 32.4. The van der Waals surface area contributed by atoms with Gasteiger partial charge in [0.25, 0.3) is 0 Å². The maximum absolute atomic E-state index is 4.45. The van der Waals surface area contributed by atoms with Crippen molar-refractivity contribution in [3.63, 3.8) is 0 Å². The topological polar surface area (TPSA) is 6.48 Å². The highest BCUT2D eigenvalue weighted by molar-refractivity contribution is 5.73. The second-order valence-corrected chi connectivity index (χ2v) is 16.6. The fraction of sp³-hybridized carbons (Fsp3) is 0.267. The van der Waals surface area contributed by atoms with Crippen LogP contribution in [0.2, 0.25) is 0 Å². The first-order chi connectivity index (χ1) is 30.4. The second kappa shape index (κ2) is 23.8. The van der Waals surface area contributed by atoms with E-state index in [9.17, 15) is 0 Å². The number of hydrogen-bond donors (Lipinski definition) is 0. The zero-order valence-electron chi connectivity index (χ0n) is 38.1. The van der Waals surface area contributed by atoms with Gasteiger partial charge in [0.2, 0.25) is 0 Å². The number of hydrogen-bond acceptors (Lipinski definition) is 2. The SMILES string of the molecule is C=C(C)N(C/C=C\C(=C/C)c1ccccc1)C/C=C(\C/C=C(\C)C1=CC=C(c2ccccc2)CC1)N(C1=CCC(c2ccccc2)C=C1)C1=CC=C(C(/C=C\CCC)=C/C)CC1. The minimum atomic E-state index is 0.367. The zero-order valence-corrected chi connectivity index (χ0v) is 38.1. The van der Waals surface area contributed by atoms with Gasteiger partial charge in [0.05, 0.1) is 0 Å². The first-order valence-corrected chi connectivity index (χ1v) is 22.9. The van der Waals surface area contributed by atoms with Crippen molar-refractivity contribution in [2.75, 3.05) is 13.1 Å². The van der Waals surface area contributed by atoms with E-state index in [1.165, 1.54) is 67.2 Å². The van der Waals surface area contributed by atoms with Crippen molar-refractivity contribution in [3.8, 4) is 0 Å². The van der Waals surface area contributed by atoms with Gasteiger partial charge < -0.3 is 9.80 Å². The Balaban J connectivity index is 1.36. The average Bonchev–Trinajstić information content (AvgIpc) is 3.33. The minimum Gasteiger partial charge on any atom is -0.368 e. The van der Waals surface area contributed by atoms with Gasteiger partial charge in [-0.3, -0.25) is 0 Å². The molecule has 3 aromatic carbocycles. The summed E-state index contributed by atoms with van der Waals surface area (Å²) in [5.74, 6) is 0.367. The molecule has 0 fully saturated rings. The Labute approximate surface area is 374 Å². The van der Waals surface area contributed by atoms with Crippen molar-refractivity contribution < 1.29 is 0 Å². The standard InChI is InChI=1S/C60H68N2/c1-7-10-14-22-49(8-2)55-35-40-58(41-36-55)62(59-42-37-57(38-43-59)54-27-19-13-20-28-54)60(39-30-48(6)51-31-33-56(34-32-51)53-25-17-12-18-26-53)44-46-61(47(4)5)45-21-29-50(9-3)52-23-15-11-16-24-52/h8-9,11-31,33,35,37,40,42-44,57H,4,7,10,32,34,36,38-39,41,45-46H2,1-3,5-6H3/b22-14-,29-21-,48-30+,49-8+,50-9+,60-44+. The molecule has 0 saturated heterocycles. The van der Waals surface area contributed by atoms with Crippen molar-refractivity contribution in [2.45, 2.75) is 91.9 Å². The molecule has 0 N–H and O–H groups in total. The van der Waals surface area contributed by atoms with E-state index in [2.05, 4.69) is 233 Å². The van der Waals surface area contributed by atoms with Crippen molar-refractivity contribution in [1.82, 2.24) is 9.80 Å². The van der Waals surface area contributed by atoms with Crippen molar-refractivity contribution >= 4 is 11.1 Å². The fourth-order valence-corrected chi connectivity index (χ4v) is 8.47. The van der Waals surface area contributed by atoms with Crippen LogP contribution in [0.3, 0.4) is 0 Å². The van der Waals surface area contributed by atoms with Crippen molar-refractivity contribution in [1.29, 1.82) is 0 Å². The van der Waals surface area contributed by atoms with Gasteiger partial charge in [0.15, 0.2) is 0 Å². The summed E-state index contributed by atoms with van der Waals surface area (Å²) in [6.45, 7) is 16.9. The third kappa shape index (κ3) is 12.7. The second-order valence-electron chi connectivity index (χ2n) is 16.6. The van der Waals surface area contributed by atoms with Crippen molar-refractivity contribution in [2.24, 2.45) is 0 Å². The molecule has 0 spiro atoms. The normalized spacial score (nSPS) is 17.7. The van der Waals surface area contributed by atoms with Crippen LogP contribution in [0.5, 0.6) is 0 Å². The van der Waals surface area contributed by atoms with E-state index < -0.39 is 0 Å². The Morgan fingerprint density at radius 2 is 1.39 bits per heavy atom. The van der Waals surface area contributed by atoms with Gasteiger partial charge >= 0.3 is 0 Å². The Bertz CT molecular complexity index is 2350. The number of allylic oxidation sites excluding steroid dienone is 21. The number of benzene rings is 3. The number of unbranched alkanes of at least 4 members (excludes halogenated alkanes) is 1. The molecule has 2 heteroatoms. The highest BCUT2D eigenvalue weighted by atomic mass is 15.2. The molecule has 0 heterocycles. The van der Waals surface area contributed by atoms with Crippen LogP contribution >= 0.6 is 0 Å². The predicted molar refractivity (Wildman–Crippen MR) is 270 cm³/mol. The molecule has 0 aromatic heterocycles. The monoisotopic (exact) mass is 817 g/mol. The number of nitrogens with zero attached hydrogens (tertiary/aromatic N) is 2. The molecule has 1 atom stereocenters. The highest BCUT2D eigenvalue weighted by Crippen LogP contribution is 2.37. The number of rotatable bonds is 19. The van der Waals surface area contributed by atoms with Crippen LogP contribution < -0.4 is 0 Å². The van der Waals surface area contributed by atoms with Crippen LogP contribution in [0, 0.1) is 0 Å². The Morgan fingerprint density at radius 1 is 0.710 bits per heavy atom. The molecule has 3 aromatic rings. The van der Waals surface area contributed by atoms with Crippen LogP contribution in [0.4, 0.5) is 0 Å². The lowest BCUT2D eigenvalue weighted by Gasteiger charge is -2.35. The van der Waals surface area contributed by atoms with Gasteiger partial charge in [-0.15, -0.1) is 0 Å². The Kier molecular flexibility index (Phi) is 17.4. The predicted octanol–water partition coefficient (Wildman–Crippen LogP) is 16.3. The van der Waals surface area contributed by atoms with Crippen LogP contribution in [0.25, 0.3) is 11.1 Å². The fourth-order valence-electron chi connectivity index (χ4n) is 8.47. The van der Waals surface area contributed by atoms with Gasteiger partial charge in [-0.25, -0.2) is 0 Å². The molecule has 318 valence electrons. The Morgan fingerprint density at radius 3 is 2.00 bits per heavy atom. The molecule has 0 bridgehead atoms. The van der Waals surface area contributed by atoms with Gasteiger partial charge in [0, 0.05) is 48.2 Å². The smallest absolute Gasteiger partial charge is 0.0412 e. The molecule has 3 aliphatic carbocycles. The largest absolute Gasteiger partial charge is 0.368 e. The molecule has 0 aliphatic heterocycles. The first kappa shape index (κ1) is 45.4. The molecule has 2 nitrogen and oxygen atoms in total. The third-order valence-electron chi connectivity index (χ3n) is 12.2. The quantitative estimate of drug-likeness (QED) is 0.111. The lowest BCUT2D eigenvalue weighted by atomic mass is 9.89. The summed E-state index contributed by atoms with van der Waals surface area (Å²) >= 11 is 0. The third-order valence-corrected chi connectivity index (χ3v) is 12.2. The molecule has 1 unspecified atom stereocenters. The van der Waals surface area contributed by atoms with Crippen LogP contribution in [0.1, 0.15) is 109 Å². The van der Waals surface area contributed by atoms with Gasteiger partial charge in [-0.2, -0.15) is 0 Å². The summed E-state index contributed by atoms with van der Waals surface area (Å²) in [4.78, 5) is 4.97. The highest BCUT2D eigenvalue weighted by Gasteiger charge is 2.23. The molecule has 0 radical (unpaired) electrons. The summed E-state index contributed by atoms with van der Waals surface area (Å²) in [5.41, 5.74) is 17.0. The van der Waals surface area contributed by atoms with Crippen molar-refractivity contribution in [3.05, 3.63) is 250 Å². The van der Waals surface area contributed by atoms with E-state index in [-0.39, 0.29) is 0 Å². The zero-order chi connectivity index (χ0) is 43.5. The summed E-state index contributed by atoms with van der Waals surface area (Å²) in [5, 5.41) is 0. The Hall–Kier alpha value is -6.12. The maximum atomic E-state index is 4.45. The maximum Gasteiger partial charge on any atom is 0.0412 e. The lowest BCUT2D eigenvalue weighted by Crippen LogP contribution is -2.26. The van der Waals surface area contributed by atoms with Crippen LogP contribution in [-0.2, 0) is 0 Å². The van der Waals surface area contributed by atoms with Crippen LogP contribution in [-0.4, -0.2) is 22.9 Å². The molecule has 0 amide bonds. The van der Waals surface area contributed by atoms with Gasteiger partial charge in [-0.05, 0) is 129 Å². The summed E-state index contributed by atoms with van der Waals surface area (Å²) in [6.07, 6.45) is 43.4. The molecule has 62 heavy (non-hydrogen) atoms. The summed E-state index contributed by atoms with van der Waals surface area (Å²) in [7, 11) is 0. The van der Waals surface area contributed by atoms with E-state index in [0.29, 0.717) is 5.92 Å². The molecule has 3 aliphatic rings. The summed E-state index contributed by atoms with van der Waals surface area (Å²) < 4.78 is 0. The lowest BCUT2D eigenvalue weighted by molar-refractivity contribution is 0.415. The van der Waals surface area contributed by atoms with E-state index in [1.54, 1.807) is 0 Å². The average molecular weight is 817 g/mol. The van der Waals surface area contributed by atoms with Gasteiger partial charge in [0.1, 0.15) is 0 Å². The molecule has 6 rings (SSSR count). The first-order valence-electron chi connectivity index (χ1n) is 22.9. The minimum absolute atomic E-state index is 0.367. The molecule has 0 saturated carbocycles.